The van der Waals surface area contributed by atoms with Crippen LogP contribution in [-0.4, -0.2) is 15.3 Å². The van der Waals surface area contributed by atoms with Crippen LogP contribution in [0.3, 0.4) is 0 Å². The molecule has 0 amide bonds. The van der Waals surface area contributed by atoms with Crippen molar-refractivity contribution in [3.63, 3.8) is 0 Å². The molecule has 0 atom stereocenters. The van der Waals surface area contributed by atoms with Gasteiger partial charge in [0.15, 0.2) is 5.78 Å². The molecule has 0 aliphatic carbocycles. The van der Waals surface area contributed by atoms with E-state index in [4.69, 9.17) is 11.6 Å². The Morgan fingerprint density at radius 1 is 1.19 bits per heavy atom. The molecular weight excluding hydrogens is 365 g/mol. The summed E-state index contributed by atoms with van der Waals surface area (Å²) in [5.41, 5.74) is 0.640. The SMILES string of the molecule is Cc1cn(-c2cc(C(=O)Cc3cccc(Cl)c3)cc(C(F)(F)F)c2)cn1. The van der Waals surface area contributed by atoms with Crippen molar-refractivity contribution in [3.05, 3.63) is 82.4 Å². The molecule has 0 spiro atoms. The average molecular weight is 379 g/mol. The van der Waals surface area contributed by atoms with Gasteiger partial charge < -0.3 is 4.57 Å². The topological polar surface area (TPSA) is 34.9 Å². The molecule has 0 saturated carbocycles. The minimum Gasteiger partial charge on any atom is -0.306 e. The molecule has 134 valence electrons. The van der Waals surface area contributed by atoms with Crippen molar-refractivity contribution in [1.82, 2.24) is 9.55 Å². The zero-order valence-electron chi connectivity index (χ0n) is 13.7. The molecule has 26 heavy (non-hydrogen) atoms. The Hall–Kier alpha value is -2.60. The summed E-state index contributed by atoms with van der Waals surface area (Å²) in [6.45, 7) is 1.73. The molecule has 1 aromatic heterocycles. The Bertz CT molecular complexity index is 963. The second kappa shape index (κ2) is 6.96. The fourth-order valence-corrected chi connectivity index (χ4v) is 2.79. The second-order valence-corrected chi connectivity index (χ2v) is 6.35. The van der Waals surface area contributed by atoms with Gasteiger partial charge in [0.2, 0.25) is 0 Å². The standard InChI is InChI=1S/C19H14ClF3N2O/c1-12-10-25(11-24-12)17-8-14(7-15(9-17)19(21,22)23)18(26)6-13-3-2-4-16(20)5-13/h2-5,7-11H,6H2,1H3. The van der Waals surface area contributed by atoms with Gasteiger partial charge in [-0.2, -0.15) is 13.2 Å². The fourth-order valence-electron chi connectivity index (χ4n) is 2.58. The summed E-state index contributed by atoms with van der Waals surface area (Å²) < 4.78 is 41.2. The van der Waals surface area contributed by atoms with Crippen molar-refractivity contribution in [2.75, 3.05) is 0 Å². The van der Waals surface area contributed by atoms with Crippen molar-refractivity contribution in [3.8, 4) is 5.69 Å². The number of ketones is 1. The monoisotopic (exact) mass is 378 g/mol. The van der Waals surface area contributed by atoms with Gasteiger partial charge in [-0.05, 0) is 42.8 Å². The van der Waals surface area contributed by atoms with Crippen LogP contribution in [0.15, 0.2) is 55.0 Å². The third-order valence-corrected chi connectivity index (χ3v) is 4.07. The van der Waals surface area contributed by atoms with Crippen molar-refractivity contribution in [2.24, 2.45) is 0 Å². The number of halogens is 4. The quantitative estimate of drug-likeness (QED) is 0.579. The van der Waals surface area contributed by atoms with Crippen molar-refractivity contribution < 1.29 is 18.0 Å². The van der Waals surface area contributed by atoms with Gasteiger partial charge in [0.25, 0.3) is 0 Å². The highest BCUT2D eigenvalue weighted by Gasteiger charge is 2.32. The number of alkyl halides is 3. The number of hydrogen-bond donors (Lipinski definition) is 0. The molecule has 0 fully saturated rings. The summed E-state index contributed by atoms with van der Waals surface area (Å²) in [5.74, 6) is -0.420. The van der Waals surface area contributed by atoms with Crippen LogP contribution in [0.1, 0.15) is 27.2 Å². The number of hydrogen-bond acceptors (Lipinski definition) is 2. The van der Waals surface area contributed by atoms with Crippen LogP contribution < -0.4 is 0 Å². The largest absolute Gasteiger partial charge is 0.416 e. The Labute approximate surface area is 153 Å². The van der Waals surface area contributed by atoms with Gasteiger partial charge in [0.05, 0.1) is 17.6 Å². The molecule has 0 aliphatic heterocycles. The molecular formula is C19H14ClF3N2O. The summed E-state index contributed by atoms with van der Waals surface area (Å²) >= 11 is 5.90. The molecule has 2 aromatic carbocycles. The number of carbonyl (C=O) groups is 1. The smallest absolute Gasteiger partial charge is 0.306 e. The molecule has 0 saturated heterocycles. The van der Waals surface area contributed by atoms with E-state index in [1.807, 2.05) is 0 Å². The summed E-state index contributed by atoms with van der Waals surface area (Å²) in [6.07, 6.45) is -1.59. The molecule has 0 aliphatic rings. The predicted molar refractivity (Wildman–Crippen MR) is 92.8 cm³/mol. The predicted octanol–water partition coefficient (Wildman–Crippen LogP) is 5.28. The number of aryl methyl sites for hydroxylation is 1. The Balaban J connectivity index is 2.01. The van der Waals surface area contributed by atoms with E-state index in [0.717, 1.165) is 12.1 Å². The van der Waals surface area contributed by atoms with E-state index in [2.05, 4.69) is 4.98 Å². The highest BCUT2D eigenvalue weighted by molar-refractivity contribution is 6.30. The van der Waals surface area contributed by atoms with Gasteiger partial charge in [-0.1, -0.05) is 23.7 Å². The molecule has 3 aromatic rings. The van der Waals surface area contributed by atoms with Gasteiger partial charge in [0.1, 0.15) is 0 Å². The lowest BCUT2D eigenvalue weighted by Crippen LogP contribution is -2.11. The zero-order valence-corrected chi connectivity index (χ0v) is 14.5. The number of rotatable bonds is 4. The van der Waals surface area contributed by atoms with E-state index >= 15 is 0 Å². The molecule has 3 rings (SSSR count). The fraction of sp³-hybridized carbons (Fsp3) is 0.158. The Morgan fingerprint density at radius 2 is 1.96 bits per heavy atom. The molecule has 1 heterocycles. The van der Waals surface area contributed by atoms with Crippen LogP contribution >= 0.6 is 11.6 Å². The van der Waals surface area contributed by atoms with Crippen LogP contribution in [0.5, 0.6) is 0 Å². The first-order valence-electron chi connectivity index (χ1n) is 7.73. The maximum absolute atomic E-state index is 13.3. The highest BCUT2D eigenvalue weighted by atomic mass is 35.5. The van der Waals surface area contributed by atoms with E-state index in [-0.39, 0.29) is 17.7 Å². The van der Waals surface area contributed by atoms with E-state index in [1.54, 1.807) is 37.4 Å². The van der Waals surface area contributed by atoms with E-state index < -0.39 is 17.5 Å². The highest BCUT2D eigenvalue weighted by Crippen LogP contribution is 2.32. The molecule has 7 heteroatoms. The van der Waals surface area contributed by atoms with Crippen LogP contribution in [0, 0.1) is 6.92 Å². The second-order valence-electron chi connectivity index (χ2n) is 5.92. The Kier molecular flexibility index (Phi) is 4.87. The zero-order chi connectivity index (χ0) is 18.9. The van der Waals surface area contributed by atoms with Gasteiger partial charge >= 0.3 is 6.18 Å². The van der Waals surface area contributed by atoms with E-state index in [9.17, 15) is 18.0 Å². The van der Waals surface area contributed by atoms with Crippen molar-refractivity contribution >= 4 is 17.4 Å². The van der Waals surface area contributed by atoms with Crippen LogP contribution in [0.4, 0.5) is 13.2 Å². The maximum atomic E-state index is 13.3. The molecule has 0 bridgehead atoms. The normalized spacial score (nSPS) is 11.6. The van der Waals surface area contributed by atoms with Crippen LogP contribution in [0.2, 0.25) is 5.02 Å². The number of nitrogens with zero attached hydrogens (tertiary/aromatic N) is 2. The first kappa shape index (κ1) is 18.2. The number of Topliss-reactive ketones (excluding diaryl/α,β-unsaturated/α-hetero) is 1. The number of imidazole rings is 1. The van der Waals surface area contributed by atoms with Gasteiger partial charge in [-0.15, -0.1) is 0 Å². The van der Waals surface area contributed by atoms with Crippen molar-refractivity contribution in [2.45, 2.75) is 19.5 Å². The lowest BCUT2D eigenvalue weighted by Gasteiger charge is -2.12. The minimum atomic E-state index is -4.56. The van der Waals surface area contributed by atoms with Gasteiger partial charge in [-0.25, -0.2) is 4.98 Å². The molecule has 3 nitrogen and oxygen atoms in total. The lowest BCUT2D eigenvalue weighted by molar-refractivity contribution is -0.137. The molecule has 0 N–H and O–H groups in total. The molecule has 0 unspecified atom stereocenters. The summed E-state index contributed by atoms with van der Waals surface area (Å²) in [5, 5.41) is 0.467. The van der Waals surface area contributed by atoms with E-state index in [1.165, 1.54) is 17.0 Å². The third kappa shape index (κ3) is 4.14. The number of carbonyl (C=O) groups excluding carboxylic acids is 1. The third-order valence-electron chi connectivity index (χ3n) is 3.83. The number of aromatic nitrogens is 2. The first-order chi connectivity index (χ1) is 12.2. The summed E-state index contributed by atoms with van der Waals surface area (Å²) in [7, 11) is 0. The maximum Gasteiger partial charge on any atom is 0.416 e. The van der Waals surface area contributed by atoms with Crippen LogP contribution in [0.25, 0.3) is 5.69 Å². The van der Waals surface area contributed by atoms with Gasteiger partial charge in [0, 0.05) is 28.9 Å². The summed E-state index contributed by atoms with van der Waals surface area (Å²) in [4.78, 5) is 16.6. The van der Waals surface area contributed by atoms with E-state index in [0.29, 0.717) is 16.3 Å². The first-order valence-corrected chi connectivity index (χ1v) is 8.11. The van der Waals surface area contributed by atoms with Crippen molar-refractivity contribution in [1.29, 1.82) is 0 Å². The van der Waals surface area contributed by atoms with Gasteiger partial charge in [-0.3, -0.25) is 4.79 Å². The average Bonchev–Trinajstić information content (AvgIpc) is 3.00. The van der Waals surface area contributed by atoms with Crippen LogP contribution in [-0.2, 0) is 12.6 Å². The minimum absolute atomic E-state index is 0.0128. The number of benzene rings is 2. The molecule has 0 radical (unpaired) electrons. The Morgan fingerprint density at radius 3 is 2.58 bits per heavy atom. The lowest BCUT2D eigenvalue weighted by atomic mass is 10.00. The summed E-state index contributed by atoms with van der Waals surface area (Å²) in [6, 6.07) is 9.99.